The molecular weight excluding hydrogens is 208 g/mol. The van der Waals surface area contributed by atoms with Gasteiger partial charge in [-0.3, -0.25) is 0 Å². The lowest BCUT2D eigenvalue weighted by molar-refractivity contribution is 0.145. The minimum atomic E-state index is -0.400. The molecule has 2 heterocycles. The van der Waals surface area contributed by atoms with Crippen LogP contribution in [-0.2, 0) is 11.3 Å². The quantitative estimate of drug-likeness (QED) is 0.725. The maximum Gasteiger partial charge on any atom is 0.419 e. The van der Waals surface area contributed by atoms with Crippen LogP contribution in [0.5, 0.6) is 0 Å². The third-order valence-corrected chi connectivity index (χ3v) is 2.06. The van der Waals surface area contributed by atoms with Crippen molar-refractivity contribution in [3.05, 3.63) is 37.4 Å². The summed E-state index contributed by atoms with van der Waals surface area (Å²) >= 11 is 0. The second-order valence-electron chi connectivity index (χ2n) is 3.24. The first-order valence-corrected chi connectivity index (χ1v) is 4.97. The highest BCUT2D eigenvalue weighted by atomic mass is 16.5. The Labute approximate surface area is 92.5 Å². The summed E-state index contributed by atoms with van der Waals surface area (Å²) in [4.78, 5) is 19.0. The van der Waals surface area contributed by atoms with E-state index in [1.165, 1.54) is 17.1 Å². The zero-order valence-corrected chi connectivity index (χ0v) is 8.69. The maximum absolute atomic E-state index is 11.3. The van der Waals surface area contributed by atoms with Crippen LogP contribution < -0.4 is 0 Å². The van der Waals surface area contributed by atoms with E-state index in [0.29, 0.717) is 6.61 Å². The van der Waals surface area contributed by atoms with Crippen molar-refractivity contribution in [1.29, 1.82) is 0 Å². The molecule has 16 heavy (non-hydrogen) atoms. The van der Waals surface area contributed by atoms with Crippen molar-refractivity contribution in [2.45, 2.75) is 13.0 Å². The van der Waals surface area contributed by atoms with Crippen LogP contribution in [0.2, 0.25) is 0 Å². The first-order valence-electron chi connectivity index (χ1n) is 4.97. The Morgan fingerprint density at radius 2 is 2.00 bits per heavy atom. The van der Waals surface area contributed by atoms with Crippen LogP contribution in [0.25, 0.3) is 0 Å². The average molecular weight is 220 g/mol. The summed E-state index contributed by atoms with van der Waals surface area (Å²) in [6, 6.07) is 0. The molecule has 6 heteroatoms. The highest BCUT2D eigenvalue weighted by Crippen LogP contribution is 1.94. The van der Waals surface area contributed by atoms with E-state index in [1.807, 2.05) is 10.8 Å². The first-order chi connectivity index (χ1) is 7.86. The molecule has 0 saturated carbocycles. The van der Waals surface area contributed by atoms with E-state index in [-0.39, 0.29) is 0 Å². The minimum absolute atomic E-state index is 0.384. The Morgan fingerprint density at radius 3 is 2.69 bits per heavy atom. The molecular formula is C10H12N4O2. The summed E-state index contributed by atoms with van der Waals surface area (Å²) in [7, 11) is 0. The molecule has 0 amide bonds. The molecule has 0 aliphatic heterocycles. The number of imidazole rings is 2. The fraction of sp³-hybridized carbons (Fsp3) is 0.300. The van der Waals surface area contributed by atoms with E-state index in [9.17, 15) is 4.79 Å². The predicted molar refractivity (Wildman–Crippen MR) is 55.8 cm³/mol. The number of nitrogens with zero attached hydrogens (tertiary/aromatic N) is 4. The van der Waals surface area contributed by atoms with Crippen LogP contribution in [0.3, 0.4) is 0 Å². The summed E-state index contributed by atoms with van der Waals surface area (Å²) in [5.41, 5.74) is 0. The van der Waals surface area contributed by atoms with E-state index in [1.54, 1.807) is 18.7 Å². The molecule has 84 valence electrons. The van der Waals surface area contributed by atoms with Gasteiger partial charge in [0.25, 0.3) is 0 Å². The number of rotatable bonds is 4. The lowest BCUT2D eigenvalue weighted by Gasteiger charge is -2.04. The third kappa shape index (κ3) is 2.69. The number of carbonyl (C=O) groups excluding carboxylic acids is 1. The van der Waals surface area contributed by atoms with Crippen LogP contribution >= 0.6 is 0 Å². The molecule has 2 rings (SSSR count). The van der Waals surface area contributed by atoms with E-state index in [0.717, 1.165) is 13.0 Å². The van der Waals surface area contributed by atoms with Gasteiger partial charge in [-0.2, -0.15) is 0 Å². The minimum Gasteiger partial charge on any atom is -0.449 e. The van der Waals surface area contributed by atoms with Crippen molar-refractivity contribution < 1.29 is 9.53 Å². The van der Waals surface area contributed by atoms with Gasteiger partial charge in [0, 0.05) is 31.3 Å². The molecule has 0 spiro atoms. The molecule has 0 radical (unpaired) electrons. The lowest BCUT2D eigenvalue weighted by atomic mass is 10.4. The molecule has 0 fully saturated rings. The molecule has 0 aliphatic rings. The Balaban J connectivity index is 1.67. The fourth-order valence-electron chi connectivity index (χ4n) is 1.27. The van der Waals surface area contributed by atoms with Crippen LogP contribution in [0.1, 0.15) is 6.42 Å². The van der Waals surface area contributed by atoms with Crippen molar-refractivity contribution in [3.63, 3.8) is 0 Å². The van der Waals surface area contributed by atoms with E-state index >= 15 is 0 Å². The smallest absolute Gasteiger partial charge is 0.419 e. The van der Waals surface area contributed by atoms with E-state index in [2.05, 4.69) is 9.97 Å². The zero-order valence-electron chi connectivity index (χ0n) is 8.69. The van der Waals surface area contributed by atoms with Gasteiger partial charge in [-0.25, -0.2) is 19.3 Å². The number of hydrogen-bond donors (Lipinski definition) is 0. The molecule has 0 aromatic carbocycles. The molecule has 2 aromatic rings. The molecule has 0 atom stereocenters. The highest BCUT2D eigenvalue weighted by Gasteiger charge is 2.03. The van der Waals surface area contributed by atoms with Crippen molar-refractivity contribution in [1.82, 2.24) is 19.1 Å². The van der Waals surface area contributed by atoms with E-state index < -0.39 is 6.09 Å². The third-order valence-electron chi connectivity index (χ3n) is 2.06. The van der Waals surface area contributed by atoms with Crippen LogP contribution in [0.4, 0.5) is 4.79 Å². The second-order valence-corrected chi connectivity index (χ2v) is 3.24. The number of aryl methyl sites for hydroxylation is 1. The van der Waals surface area contributed by atoms with Crippen molar-refractivity contribution >= 4 is 6.09 Å². The lowest BCUT2D eigenvalue weighted by Crippen LogP contribution is -2.13. The Bertz CT molecular complexity index is 422. The van der Waals surface area contributed by atoms with Crippen molar-refractivity contribution in [3.8, 4) is 0 Å². The first kappa shape index (κ1) is 10.4. The Morgan fingerprint density at radius 1 is 1.19 bits per heavy atom. The Hall–Kier alpha value is -2.11. The molecule has 0 aliphatic carbocycles. The maximum atomic E-state index is 11.3. The van der Waals surface area contributed by atoms with Crippen LogP contribution in [0, 0.1) is 0 Å². The van der Waals surface area contributed by atoms with Gasteiger partial charge in [0.05, 0.1) is 12.9 Å². The number of carbonyl (C=O) groups is 1. The second kappa shape index (κ2) is 5.11. The van der Waals surface area contributed by atoms with Gasteiger partial charge >= 0.3 is 6.09 Å². The summed E-state index contributed by atoms with van der Waals surface area (Å²) in [5.74, 6) is 0. The van der Waals surface area contributed by atoms with Crippen molar-refractivity contribution in [2.24, 2.45) is 0 Å². The van der Waals surface area contributed by atoms with Gasteiger partial charge in [-0.1, -0.05) is 0 Å². The largest absolute Gasteiger partial charge is 0.449 e. The number of hydrogen-bond acceptors (Lipinski definition) is 4. The normalized spacial score (nSPS) is 10.2. The van der Waals surface area contributed by atoms with Crippen LogP contribution in [-0.4, -0.2) is 31.8 Å². The highest BCUT2D eigenvalue weighted by molar-refractivity contribution is 5.69. The molecule has 0 bridgehead atoms. The fourth-order valence-corrected chi connectivity index (χ4v) is 1.27. The monoisotopic (exact) mass is 220 g/mol. The average Bonchev–Trinajstić information content (AvgIpc) is 2.96. The van der Waals surface area contributed by atoms with Gasteiger partial charge in [-0.05, 0) is 6.42 Å². The topological polar surface area (TPSA) is 61.9 Å². The summed E-state index contributed by atoms with van der Waals surface area (Å²) < 4.78 is 8.27. The summed E-state index contributed by atoms with van der Waals surface area (Å²) in [6.07, 6.45) is 10.2. The van der Waals surface area contributed by atoms with Crippen LogP contribution in [0.15, 0.2) is 37.4 Å². The van der Waals surface area contributed by atoms with Gasteiger partial charge in [-0.15, -0.1) is 0 Å². The number of aromatic nitrogens is 4. The number of ether oxygens (including phenoxy) is 1. The molecule has 0 N–H and O–H groups in total. The molecule has 6 nitrogen and oxygen atoms in total. The van der Waals surface area contributed by atoms with Crippen molar-refractivity contribution in [2.75, 3.05) is 6.61 Å². The van der Waals surface area contributed by atoms with E-state index in [4.69, 9.17) is 4.74 Å². The predicted octanol–water partition coefficient (Wildman–Crippen LogP) is 1.15. The standard InChI is InChI=1S/C10H12N4O2/c15-10(14-6-3-12-9-14)16-7-1-4-13-5-2-11-8-13/h2-3,5-6,8-9H,1,4,7H2. The molecule has 0 saturated heterocycles. The summed E-state index contributed by atoms with van der Waals surface area (Å²) in [5, 5.41) is 0. The van der Waals surface area contributed by atoms with Gasteiger partial charge in [0.2, 0.25) is 0 Å². The zero-order chi connectivity index (χ0) is 11.2. The Kier molecular flexibility index (Phi) is 3.32. The summed E-state index contributed by atoms with van der Waals surface area (Å²) in [6.45, 7) is 1.17. The van der Waals surface area contributed by atoms with Gasteiger partial charge in [0.15, 0.2) is 0 Å². The van der Waals surface area contributed by atoms with Gasteiger partial charge < -0.3 is 9.30 Å². The molecule has 2 aromatic heterocycles. The SMILES string of the molecule is O=C(OCCCn1ccnc1)n1ccnc1. The van der Waals surface area contributed by atoms with Gasteiger partial charge in [0.1, 0.15) is 6.33 Å². The molecule has 0 unspecified atom stereocenters.